The van der Waals surface area contributed by atoms with E-state index in [2.05, 4.69) is 5.32 Å². The quantitative estimate of drug-likeness (QED) is 0.809. The number of carbonyl (C=O) groups is 2. The van der Waals surface area contributed by atoms with E-state index in [1.165, 1.54) is 38.1 Å². The first-order valence-electron chi connectivity index (χ1n) is 7.80. The van der Waals surface area contributed by atoms with E-state index in [-0.39, 0.29) is 6.42 Å². The molecule has 0 saturated heterocycles. The van der Waals surface area contributed by atoms with Crippen molar-refractivity contribution in [1.82, 2.24) is 5.32 Å². The largest absolute Gasteiger partial charge is 0.480 e. The molecule has 1 atom stereocenters. The van der Waals surface area contributed by atoms with Crippen LogP contribution in [0.2, 0.25) is 0 Å². The Morgan fingerprint density at radius 1 is 1.12 bits per heavy atom. The lowest BCUT2D eigenvalue weighted by atomic mass is 10.0. The van der Waals surface area contributed by atoms with Gasteiger partial charge in [-0.25, -0.2) is 9.18 Å². The summed E-state index contributed by atoms with van der Waals surface area (Å²) in [5.74, 6) is -1.80. The number of rotatable bonds is 7. The standard InChI is InChI=1S/C19H20FNO4/c1-19(2,25-15-10-8-14(20)9-11-15)18(24)21-16(17(22)23)12-13-6-4-3-5-7-13/h3-11,16H,12H2,1-2H3,(H,21,24)(H,22,23). The van der Waals surface area contributed by atoms with Gasteiger partial charge < -0.3 is 15.2 Å². The minimum atomic E-state index is -1.32. The molecule has 0 aromatic heterocycles. The van der Waals surface area contributed by atoms with Crippen LogP contribution in [0.15, 0.2) is 54.6 Å². The predicted molar refractivity (Wildman–Crippen MR) is 90.8 cm³/mol. The second-order valence-corrected chi connectivity index (χ2v) is 6.12. The van der Waals surface area contributed by atoms with Gasteiger partial charge in [0.2, 0.25) is 0 Å². The number of carboxylic acid groups (broad SMARTS) is 1. The minimum Gasteiger partial charge on any atom is -0.480 e. The highest BCUT2D eigenvalue weighted by Crippen LogP contribution is 2.19. The molecule has 25 heavy (non-hydrogen) atoms. The molecule has 1 unspecified atom stereocenters. The van der Waals surface area contributed by atoms with E-state index in [1.807, 2.05) is 6.07 Å². The molecule has 2 N–H and O–H groups in total. The van der Waals surface area contributed by atoms with E-state index < -0.39 is 29.3 Å². The van der Waals surface area contributed by atoms with Gasteiger partial charge in [0.15, 0.2) is 5.60 Å². The summed E-state index contributed by atoms with van der Waals surface area (Å²) < 4.78 is 18.5. The lowest BCUT2D eigenvalue weighted by Crippen LogP contribution is -2.52. The highest BCUT2D eigenvalue weighted by atomic mass is 19.1. The van der Waals surface area contributed by atoms with Gasteiger partial charge in [0, 0.05) is 6.42 Å². The fourth-order valence-corrected chi connectivity index (χ4v) is 2.23. The number of amides is 1. The number of hydrogen-bond acceptors (Lipinski definition) is 3. The van der Waals surface area contributed by atoms with Crippen molar-refractivity contribution in [3.05, 3.63) is 66.0 Å². The van der Waals surface area contributed by atoms with Gasteiger partial charge in [0.1, 0.15) is 17.6 Å². The molecule has 0 aliphatic carbocycles. The Bertz CT molecular complexity index is 729. The lowest BCUT2D eigenvalue weighted by Gasteiger charge is -2.27. The van der Waals surface area contributed by atoms with Gasteiger partial charge in [-0.05, 0) is 43.7 Å². The van der Waals surface area contributed by atoms with Crippen LogP contribution in [-0.2, 0) is 16.0 Å². The van der Waals surface area contributed by atoms with Gasteiger partial charge in [-0.2, -0.15) is 0 Å². The van der Waals surface area contributed by atoms with Crippen LogP contribution >= 0.6 is 0 Å². The van der Waals surface area contributed by atoms with Crippen molar-refractivity contribution in [3.8, 4) is 5.75 Å². The van der Waals surface area contributed by atoms with Crippen molar-refractivity contribution < 1.29 is 23.8 Å². The van der Waals surface area contributed by atoms with Crippen LogP contribution in [-0.4, -0.2) is 28.6 Å². The number of benzene rings is 2. The maximum atomic E-state index is 12.9. The van der Waals surface area contributed by atoms with E-state index in [0.717, 1.165) is 5.56 Å². The number of halogens is 1. The number of carboxylic acids is 1. The highest BCUT2D eigenvalue weighted by Gasteiger charge is 2.33. The molecule has 6 heteroatoms. The Balaban J connectivity index is 2.05. The molecule has 132 valence electrons. The monoisotopic (exact) mass is 345 g/mol. The average Bonchev–Trinajstić information content (AvgIpc) is 2.57. The number of hydrogen-bond donors (Lipinski definition) is 2. The Kier molecular flexibility index (Phi) is 5.75. The van der Waals surface area contributed by atoms with Crippen LogP contribution in [0.1, 0.15) is 19.4 Å². The Hall–Kier alpha value is -2.89. The van der Waals surface area contributed by atoms with Crippen molar-refractivity contribution in [2.24, 2.45) is 0 Å². The number of carbonyl (C=O) groups excluding carboxylic acids is 1. The predicted octanol–water partition coefficient (Wildman–Crippen LogP) is 2.80. The first kappa shape index (κ1) is 18.4. The second-order valence-electron chi connectivity index (χ2n) is 6.12. The van der Waals surface area contributed by atoms with Crippen molar-refractivity contribution in [2.75, 3.05) is 0 Å². The maximum Gasteiger partial charge on any atom is 0.326 e. The summed E-state index contributed by atoms with van der Waals surface area (Å²) >= 11 is 0. The molecule has 0 saturated carbocycles. The lowest BCUT2D eigenvalue weighted by molar-refractivity contribution is -0.144. The zero-order valence-corrected chi connectivity index (χ0v) is 14.0. The molecule has 2 aromatic carbocycles. The van der Waals surface area contributed by atoms with E-state index in [1.54, 1.807) is 24.3 Å². The van der Waals surface area contributed by atoms with Crippen molar-refractivity contribution in [2.45, 2.75) is 31.9 Å². The van der Waals surface area contributed by atoms with Gasteiger partial charge in [-0.1, -0.05) is 30.3 Å². The fourth-order valence-electron chi connectivity index (χ4n) is 2.23. The molecule has 0 aliphatic heterocycles. The van der Waals surface area contributed by atoms with Crippen molar-refractivity contribution >= 4 is 11.9 Å². The van der Waals surface area contributed by atoms with E-state index in [9.17, 15) is 19.1 Å². The average molecular weight is 345 g/mol. The van der Waals surface area contributed by atoms with Crippen LogP contribution in [0, 0.1) is 5.82 Å². The highest BCUT2D eigenvalue weighted by molar-refractivity contribution is 5.89. The summed E-state index contributed by atoms with van der Waals surface area (Å²) in [7, 11) is 0. The molecule has 2 rings (SSSR count). The van der Waals surface area contributed by atoms with Gasteiger partial charge in [-0.15, -0.1) is 0 Å². The van der Waals surface area contributed by atoms with Gasteiger partial charge in [0.25, 0.3) is 5.91 Å². The van der Waals surface area contributed by atoms with Crippen LogP contribution < -0.4 is 10.1 Å². The van der Waals surface area contributed by atoms with Crippen molar-refractivity contribution in [3.63, 3.8) is 0 Å². The molecule has 2 aromatic rings. The zero-order valence-electron chi connectivity index (χ0n) is 14.0. The zero-order chi connectivity index (χ0) is 18.4. The SMILES string of the molecule is CC(C)(Oc1ccc(F)cc1)C(=O)NC(Cc1ccccc1)C(=O)O. The number of aliphatic carboxylic acids is 1. The summed E-state index contributed by atoms with van der Waals surface area (Å²) in [4.78, 5) is 23.9. The summed E-state index contributed by atoms with van der Waals surface area (Å²) in [6.07, 6.45) is 0.161. The number of ether oxygens (including phenoxy) is 1. The molecular formula is C19H20FNO4. The van der Waals surface area contributed by atoms with E-state index in [4.69, 9.17) is 4.74 Å². The molecule has 5 nitrogen and oxygen atoms in total. The van der Waals surface area contributed by atoms with Gasteiger partial charge in [0.05, 0.1) is 0 Å². The Labute approximate surface area is 145 Å². The molecular weight excluding hydrogens is 325 g/mol. The summed E-state index contributed by atoms with van der Waals surface area (Å²) in [5, 5.41) is 11.9. The smallest absolute Gasteiger partial charge is 0.326 e. The van der Waals surface area contributed by atoms with Gasteiger partial charge in [-0.3, -0.25) is 4.79 Å². The Morgan fingerprint density at radius 3 is 2.28 bits per heavy atom. The minimum absolute atomic E-state index is 0.161. The molecule has 1 amide bonds. The van der Waals surface area contributed by atoms with Crippen LogP contribution in [0.5, 0.6) is 5.75 Å². The third-order valence-corrected chi connectivity index (χ3v) is 3.62. The van der Waals surface area contributed by atoms with Crippen LogP contribution in [0.25, 0.3) is 0 Å². The summed E-state index contributed by atoms with van der Waals surface area (Å²) in [5.41, 5.74) is -0.519. The molecule has 0 heterocycles. The summed E-state index contributed by atoms with van der Waals surface area (Å²) in [6, 6.07) is 13.2. The molecule has 0 bridgehead atoms. The molecule has 0 fully saturated rings. The fraction of sp³-hybridized carbons (Fsp3) is 0.263. The first-order chi connectivity index (χ1) is 11.8. The molecule has 0 aliphatic rings. The molecule has 0 radical (unpaired) electrons. The molecule has 0 spiro atoms. The Morgan fingerprint density at radius 2 is 1.72 bits per heavy atom. The third-order valence-electron chi connectivity index (χ3n) is 3.62. The maximum absolute atomic E-state index is 12.9. The topological polar surface area (TPSA) is 75.6 Å². The van der Waals surface area contributed by atoms with E-state index in [0.29, 0.717) is 5.75 Å². The third kappa shape index (κ3) is 5.31. The van der Waals surface area contributed by atoms with Crippen LogP contribution in [0.4, 0.5) is 4.39 Å². The van der Waals surface area contributed by atoms with Crippen molar-refractivity contribution in [1.29, 1.82) is 0 Å². The van der Waals surface area contributed by atoms with E-state index >= 15 is 0 Å². The van der Waals surface area contributed by atoms with Crippen LogP contribution in [0.3, 0.4) is 0 Å². The second kappa shape index (κ2) is 7.79. The number of nitrogens with one attached hydrogen (secondary N) is 1. The van der Waals surface area contributed by atoms with Gasteiger partial charge >= 0.3 is 5.97 Å². The first-order valence-corrected chi connectivity index (χ1v) is 7.80. The summed E-state index contributed by atoms with van der Waals surface area (Å²) in [6.45, 7) is 3.04. The normalized spacial score (nSPS) is 12.3.